The predicted molar refractivity (Wildman–Crippen MR) is 114 cm³/mol. The van der Waals surface area contributed by atoms with Gasteiger partial charge in [0.2, 0.25) is 0 Å². The van der Waals surface area contributed by atoms with Gasteiger partial charge in [-0.1, -0.05) is 87.0 Å². The fraction of sp³-hybridized carbons (Fsp3) is 0.200. The molecule has 0 spiro atoms. The quantitative estimate of drug-likeness (QED) is 0.332. The molecular weight excluding hydrogens is 314 g/mol. The molecule has 0 saturated carbocycles. The second-order valence-electron chi connectivity index (χ2n) is 6.97. The lowest BCUT2D eigenvalue weighted by Gasteiger charge is -2.09. The number of hydrogen-bond acceptors (Lipinski definition) is 0. The van der Waals surface area contributed by atoms with Gasteiger partial charge in [0.05, 0.1) is 0 Å². The van der Waals surface area contributed by atoms with Crippen LogP contribution in [0.3, 0.4) is 0 Å². The molecule has 3 aromatic carbocycles. The largest absolute Gasteiger partial charge is 0.347 e. The maximum Gasteiger partial charge on any atom is 0.0486 e. The zero-order valence-electron chi connectivity index (χ0n) is 15.4. The zero-order valence-corrected chi connectivity index (χ0v) is 15.4. The number of nitrogens with zero attached hydrogens (tertiary/aromatic N) is 1. The van der Waals surface area contributed by atoms with E-state index in [1.807, 2.05) is 0 Å². The van der Waals surface area contributed by atoms with Crippen molar-refractivity contribution < 1.29 is 0 Å². The summed E-state index contributed by atoms with van der Waals surface area (Å²) in [4.78, 5) is 0. The number of benzene rings is 3. The SMILES string of the molecule is C=C(c1cccc2ccccc12)c1cn(CCCCC)c2ccccc12. The highest BCUT2D eigenvalue weighted by atomic mass is 15.0. The van der Waals surface area contributed by atoms with Crippen molar-refractivity contribution in [2.24, 2.45) is 0 Å². The monoisotopic (exact) mass is 339 g/mol. The molecule has 0 radical (unpaired) electrons. The molecule has 0 saturated heterocycles. The van der Waals surface area contributed by atoms with Crippen LogP contribution in [0.2, 0.25) is 0 Å². The Morgan fingerprint density at radius 3 is 2.38 bits per heavy atom. The molecule has 1 nitrogen and oxygen atoms in total. The standard InChI is InChI=1S/C25H25N/c1-3-4-9-17-26-18-24(23-14-7-8-16-25(23)26)19(2)21-15-10-12-20-11-5-6-13-22(20)21/h5-8,10-16,18H,2-4,9,17H2,1H3. The first kappa shape index (κ1) is 16.7. The van der Waals surface area contributed by atoms with E-state index in [2.05, 4.69) is 91.0 Å². The average Bonchev–Trinajstić information content (AvgIpc) is 3.06. The number of unbranched alkanes of at least 4 members (excludes halogenated alkanes) is 2. The van der Waals surface area contributed by atoms with Gasteiger partial charge < -0.3 is 4.57 Å². The summed E-state index contributed by atoms with van der Waals surface area (Å²) in [6.07, 6.45) is 6.03. The summed E-state index contributed by atoms with van der Waals surface area (Å²) in [5.74, 6) is 0. The summed E-state index contributed by atoms with van der Waals surface area (Å²) in [6.45, 7) is 7.81. The van der Waals surface area contributed by atoms with Gasteiger partial charge in [-0.15, -0.1) is 0 Å². The molecular formula is C25H25N. The second-order valence-corrected chi connectivity index (χ2v) is 6.97. The molecule has 1 heterocycles. The van der Waals surface area contributed by atoms with E-state index < -0.39 is 0 Å². The van der Waals surface area contributed by atoms with Crippen LogP contribution in [0.25, 0.3) is 27.2 Å². The van der Waals surface area contributed by atoms with E-state index in [0.717, 1.165) is 12.1 Å². The van der Waals surface area contributed by atoms with Crippen LogP contribution in [-0.2, 0) is 6.54 Å². The van der Waals surface area contributed by atoms with Gasteiger partial charge in [-0.2, -0.15) is 0 Å². The fourth-order valence-corrected chi connectivity index (χ4v) is 3.84. The van der Waals surface area contributed by atoms with Gasteiger partial charge in [-0.05, 0) is 34.4 Å². The highest BCUT2D eigenvalue weighted by molar-refractivity contribution is 6.03. The first-order chi connectivity index (χ1) is 12.8. The van der Waals surface area contributed by atoms with Crippen LogP contribution >= 0.6 is 0 Å². The molecule has 0 aliphatic rings. The maximum absolute atomic E-state index is 4.49. The molecule has 4 aromatic rings. The minimum absolute atomic E-state index is 1.07. The summed E-state index contributed by atoms with van der Waals surface area (Å²) < 4.78 is 2.40. The van der Waals surface area contributed by atoms with Crippen LogP contribution in [0.15, 0.2) is 79.5 Å². The highest BCUT2D eigenvalue weighted by Crippen LogP contribution is 2.34. The second kappa shape index (κ2) is 7.21. The molecule has 0 amide bonds. The first-order valence-electron chi connectivity index (χ1n) is 9.55. The van der Waals surface area contributed by atoms with Gasteiger partial charge in [0, 0.05) is 29.2 Å². The molecule has 0 aliphatic heterocycles. The van der Waals surface area contributed by atoms with Crippen molar-refractivity contribution in [1.29, 1.82) is 0 Å². The van der Waals surface area contributed by atoms with Crippen LogP contribution in [-0.4, -0.2) is 4.57 Å². The van der Waals surface area contributed by atoms with Crippen LogP contribution in [0, 0.1) is 0 Å². The Kier molecular flexibility index (Phi) is 4.62. The van der Waals surface area contributed by atoms with Crippen LogP contribution < -0.4 is 0 Å². The number of fused-ring (bicyclic) bond motifs is 2. The van der Waals surface area contributed by atoms with Gasteiger partial charge in [-0.25, -0.2) is 0 Å². The molecule has 1 heteroatoms. The molecule has 130 valence electrons. The summed E-state index contributed by atoms with van der Waals surface area (Å²) >= 11 is 0. The third kappa shape index (κ3) is 2.94. The topological polar surface area (TPSA) is 4.93 Å². The molecule has 1 aromatic heterocycles. The van der Waals surface area contributed by atoms with Gasteiger partial charge in [-0.3, -0.25) is 0 Å². The van der Waals surface area contributed by atoms with Crippen molar-refractivity contribution >= 4 is 27.2 Å². The van der Waals surface area contributed by atoms with E-state index in [1.54, 1.807) is 0 Å². The molecule has 0 unspecified atom stereocenters. The van der Waals surface area contributed by atoms with Crippen molar-refractivity contribution in [3.05, 3.63) is 90.6 Å². The fourth-order valence-electron chi connectivity index (χ4n) is 3.84. The molecule has 26 heavy (non-hydrogen) atoms. The third-order valence-corrected chi connectivity index (χ3v) is 5.23. The molecule has 0 N–H and O–H groups in total. The Hall–Kier alpha value is -2.80. The summed E-state index contributed by atoms with van der Waals surface area (Å²) in [7, 11) is 0. The lowest BCUT2D eigenvalue weighted by atomic mass is 9.94. The van der Waals surface area contributed by atoms with Crippen LogP contribution in [0.4, 0.5) is 0 Å². The number of rotatable bonds is 6. The maximum atomic E-state index is 4.49. The van der Waals surface area contributed by atoms with Crippen LogP contribution in [0.5, 0.6) is 0 Å². The Labute approximate surface area is 155 Å². The van der Waals surface area contributed by atoms with Crippen molar-refractivity contribution in [1.82, 2.24) is 4.57 Å². The van der Waals surface area contributed by atoms with Gasteiger partial charge in [0.25, 0.3) is 0 Å². The summed E-state index contributed by atoms with van der Waals surface area (Å²) in [5.41, 5.74) is 4.88. The average molecular weight is 339 g/mol. The lowest BCUT2D eigenvalue weighted by molar-refractivity contribution is 0.616. The number of hydrogen-bond donors (Lipinski definition) is 0. The molecule has 0 atom stereocenters. The Morgan fingerprint density at radius 1 is 0.808 bits per heavy atom. The van der Waals surface area contributed by atoms with E-state index in [0.29, 0.717) is 0 Å². The van der Waals surface area contributed by atoms with Gasteiger partial charge in [0.15, 0.2) is 0 Å². The lowest BCUT2D eigenvalue weighted by Crippen LogP contribution is -1.95. The van der Waals surface area contributed by atoms with Crippen molar-refractivity contribution in [3.63, 3.8) is 0 Å². The minimum Gasteiger partial charge on any atom is -0.347 e. The Morgan fingerprint density at radius 2 is 1.54 bits per heavy atom. The van der Waals surface area contributed by atoms with Crippen molar-refractivity contribution in [3.8, 4) is 0 Å². The highest BCUT2D eigenvalue weighted by Gasteiger charge is 2.13. The van der Waals surface area contributed by atoms with Crippen LogP contribution in [0.1, 0.15) is 37.3 Å². The Balaban J connectivity index is 1.82. The molecule has 4 rings (SSSR count). The molecule has 0 fully saturated rings. The normalized spacial score (nSPS) is 11.3. The first-order valence-corrected chi connectivity index (χ1v) is 9.55. The van der Waals surface area contributed by atoms with Gasteiger partial charge in [0.1, 0.15) is 0 Å². The minimum atomic E-state index is 1.07. The number of aryl methyl sites for hydroxylation is 1. The summed E-state index contributed by atoms with van der Waals surface area (Å²) in [5, 5.41) is 3.82. The predicted octanol–water partition coefficient (Wildman–Crippen LogP) is 7.05. The van der Waals surface area contributed by atoms with E-state index in [4.69, 9.17) is 0 Å². The van der Waals surface area contributed by atoms with E-state index in [1.165, 1.54) is 52.1 Å². The zero-order chi connectivity index (χ0) is 17.9. The summed E-state index contributed by atoms with van der Waals surface area (Å²) in [6, 6.07) is 23.7. The van der Waals surface area contributed by atoms with E-state index in [-0.39, 0.29) is 0 Å². The van der Waals surface area contributed by atoms with E-state index in [9.17, 15) is 0 Å². The third-order valence-electron chi connectivity index (χ3n) is 5.23. The van der Waals surface area contributed by atoms with E-state index >= 15 is 0 Å². The number of aromatic nitrogens is 1. The van der Waals surface area contributed by atoms with Gasteiger partial charge >= 0.3 is 0 Å². The Bertz CT molecular complexity index is 1060. The number of para-hydroxylation sites is 1. The molecule has 0 aliphatic carbocycles. The van der Waals surface area contributed by atoms with Crippen molar-refractivity contribution in [2.75, 3.05) is 0 Å². The molecule has 0 bridgehead atoms. The van der Waals surface area contributed by atoms with Crippen molar-refractivity contribution in [2.45, 2.75) is 32.7 Å². The smallest absolute Gasteiger partial charge is 0.0486 e.